The molecule has 64 valence electrons. The van der Waals surface area contributed by atoms with Gasteiger partial charge < -0.3 is 0 Å². The third kappa shape index (κ3) is 2.73. The molecule has 0 aliphatic carbocycles. The van der Waals surface area contributed by atoms with Crippen LogP contribution in [0.25, 0.3) is 5.57 Å². The van der Waals surface area contributed by atoms with Crippen LogP contribution < -0.4 is 0 Å². The van der Waals surface area contributed by atoms with Gasteiger partial charge in [-0.05, 0) is 70.2 Å². The number of hydrogen-bond donors (Lipinski definition) is 0. The second-order valence-electron chi connectivity index (χ2n) is 2.75. The van der Waals surface area contributed by atoms with Gasteiger partial charge in [0.05, 0.1) is 1.59 Å². The van der Waals surface area contributed by atoms with Gasteiger partial charge in [0.2, 0.25) is 0 Å². The van der Waals surface area contributed by atoms with Crippen LogP contribution in [0.2, 0.25) is 0 Å². The van der Waals surface area contributed by atoms with E-state index in [2.05, 4.69) is 83.3 Å². The summed E-state index contributed by atoms with van der Waals surface area (Å²) in [6.07, 6.45) is 0. The van der Waals surface area contributed by atoms with E-state index in [4.69, 9.17) is 0 Å². The first-order valence-electron chi connectivity index (χ1n) is 3.70. The average Bonchev–Trinajstić information content (AvgIpc) is 2.04. The van der Waals surface area contributed by atoms with Crippen LogP contribution in [-0.4, -0.2) is 0 Å². The van der Waals surface area contributed by atoms with Gasteiger partial charge in [-0.2, -0.15) is 0 Å². The number of rotatable bonds is 1. The minimum Gasteiger partial charge on any atom is -0.0587 e. The van der Waals surface area contributed by atoms with Crippen molar-refractivity contribution in [1.82, 2.24) is 0 Å². The Morgan fingerprint density at radius 2 is 1.58 bits per heavy atom. The van der Waals surface area contributed by atoms with Crippen LogP contribution in [0.3, 0.4) is 0 Å². The Bertz CT molecular complexity index is 292. The van der Waals surface area contributed by atoms with Crippen molar-refractivity contribution in [2.24, 2.45) is 0 Å². The lowest BCUT2D eigenvalue weighted by atomic mass is 10.1. The summed E-state index contributed by atoms with van der Waals surface area (Å²) in [4.78, 5) is 0. The predicted octanol–water partition coefficient (Wildman–Crippen LogP) is 4.55. The second kappa shape index (κ2) is 4.60. The van der Waals surface area contributed by atoms with Gasteiger partial charge in [-0.3, -0.25) is 0 Å². The molecule has 0 nitrogen and oxygen atoms in total. The molecule has 0 saturated heterocycles. The molecular weight excluding hydrogens is 374 g/mol. The van der Waals surface area contributed by atoms with Gasteiger partial charge in [0.25, 0.3) is 0 Å². The van der Waals surface area contributed by atoms with Crippen molar-refractivity contribution in [3.63, 3.8) is 0 Å². The Balaban J connectivity index is 3.06. The van der Waals surface area contributed by atoms with Crippen molar-refractivity contribution in [3.8, 4) is 0 Å². The Morgan fingerprint density at radius 1 is 1.08 bits per heavy atom. The predicted molar refractivity (Wildman–Crippen MR) is 71.8 cm³/mol. The van der Waals surface area contributed by atoms with Gasteiger partial charge in [0, 0.05) is 0 Å². The van der Waals surface area contributed by atoms with E-state index in [0.717, 1.165) is 0 Å². The molecule has 0 amide bonds. The van der Waals surface area contributed by atoms with Crippen molar-refractivity contribution >= 4 is 50.8 Å². The molecule has 1 rings (SSSR count). The third-order valence-electron chi connectivity index (χ3n) is 1.77. The van der Waals surface area contributed by atoms with Crippen LogP contribution >= 0.6 is 45.2 Å². The van der Waals surface area contributed by atoms with Crippen LogP contribution in [0.15, 0.2) is 25.9 Å². The number of hydrogen-bond acceptors (Lipinski definition) is 0. The van der Waals surface area contributed by atoms with Crippen LogP contribution in [0.4, 0.5) is 0 Å². The maximum atomic E-state index is 2.35. The van der Waals surface area contributed by atoms with Crippen LogP contribution in [0.5, 0.6) is 0 Å². The van der Waals surface area contributed by atoms with Gasteiger partial charge >= 0.3 is 0 Å². The van der Waals surface area contributed by atoms with Crippen LogP contribution in [0.1, 0.15) is 18.1 Å². The normalized spacial score (nSPS) is 9.67. The number of aryl methyl sites for hydroxylation is 1. The summed E-state index contributed by atoms with van der Waals surface area (Å²) in [6, 6.07) is 8.63. The molecule has 0 unspecified atom stereocenters. The molecule has 0 aliphatic heterocycles. The molecule has 0 heterocycles. The first kappa shape index (κ1) is 10.5. The zero-order chi connectivity index (χ0) is 9.14. The number of allylic oxidation sites excluding steroid dienone is 1. The molecule has 2 heteroatoms. The highest BCUT2D eigenvalue weighted by atomic mass is 127. The van der Waals surface area contributed by atoms with Gasteiger partial charge in [0.1, 0.15) is 0 Å². The van der Waals surface area contributed by atoms with E-state index < -0.39 is 0 Å². The van der Waals surface area contributed by atoms with Crippen molar-refractivity contribution in [3.05, 3.63) is 37.0 Å². The molecule has 0 saturated carbocycles. The first-order chi connectivity index (χ1) is 5.61. The smallest absolute Gasteiger partial charge is 0.0549 e. The van der Waals surface area contributed by atoms with E-state index in [9.17, 15) is 0 Å². The maximum absolute atomic E-state index is 2.35. The lowest BCUT2D eigenvalue weighted by molar-refractivity contribution is 1.45. The van der Waals surface area contributed by atoms with E-state index in [0.29, 0.717) is 0 Å². The topological polar surface area (TPSA) is 0 Å². The zero-order valence-corrected chi connectivity index (χ0v) is 11.4. The highest BCUT2D eigenvalue weighted by molar-refractivity contribution is 14.2. The Labute approximate surface area is 101 Å². The van der Waals surface area contributed by atoms with Crippen molar-refractivity contribution in [1.29, 1.82) is 0 Å². The summed E-state index contributed by atoms with van der Waals surface area (Å²) < 4.78 is 1.33. The van der Waals surface area contributed by atoms with E-state index in [-0.39, 0.29) is 0 Å². The molecular formula is C10H10I2. The summed E-state index contributed by atoms with van der Waals surface area (Å²) in [7, 11) is 0. The van der Waals surface area contributed by atoms with E-state index in [1.54, 1.807) is 0 Å². The maximum Gasteiger partial charge on any atom is 0.0549 e. The molecule has 0 aliphatic rings. The van der Waals surface area contributed by atoms with Crippen molar-refractivity contribution < 1.29 is 0 Å². The lowest BCUT2D eigenvalue weighted by Gasteiger charge is -2.01. The molecule has 0 fully saturated rings. The second-order valence-corrected chi connectivity index (χ2v) is 6.97. The summed E-state index contributed by atoms with van der Waals surface area (Å²) in [5.41, 5.74) is 3.99. The summed E-state index contributed by atoms with van der Waals surface area (Å²) in [6.45, 7) is 4.26. The highest BCUT2D eigenvalue weighted by Gasteiger charge is 1.97. The standard InChI is InChI=1S/C10H10I2/c1-7-3-5-9(6-4-7)8(2)10(11)12/h3-6H,1-2H3. The minimum atomic E-state index is 1.31. The monoisotopic (exact) mass is 384 g/mol. The largest absolute Gasteiger partial charge is 0.0587 e. The Morgan fingerprint density at radius 3 is 2.00 bits per heavy atom. The fraction of sp³-hybridized carbons (Fsp3) is 0.200. The lowest BCUT2D eigenvalue weighted by Crippen LogP contribution is -1.79. The molecule has 0 aromatic heterocycles. The third-order valence-corrected chi connectivity index (χ3v) is 3.39. The van der Waals surface area contributed by atoms with Crippen molar-refractivity contribution in [2.75, 3.05) is 0 Å². The van der Waals surface area contributed by atoms with Gasteiger partial charge in [-0.1, -0.05) is 29.8 Å². The molecule has 0 atom stereocenters. The average molecular weight is 384 g/mol. The van der Waals surface area contributed by atoms with Crippen LogP contribution in [-0.2, 0) is 0 Å². The summed E-state index contributed by atoms with van der Waals surface area (Å²) in [5.74, 6) is 0. The van der Waals surface area contributed by atoms with Crippen molar-refractivity contribution in [2.45, 2.75) is 13.8 Å². The minimum absolute atomic E-state index is 1.31. The fourth-order valence-corrected chi connectivity index (χ4v) is 1.54. The van der Waals surface area contributed by atoms with Gasteiger partial charge in [0.15, 0.2) is 0 Å². The first-order valence-corrected chi connectivity index (χ1v) is 5.86. The Hall–Kier alpha value is 0.420. The molecule has 0 bridgehead atoms. The van der Waals surface area contributed by atoms with E-state index >= 15 is 0 Å². The fourth-order valence-electron chi connectivity index (χ4n) is 0.913. The van der Waals surface area contributed by atoms with Gasteiger partial charge in [-0.15, -0.1) is 0 Å². The zero-order valence-electron chi connectivity index (χ0n) is 7.07. The molecule has 0 N–H and O–H groups in total. The number of halogens is 2. The van der Waals surface area contributed by atoms with E-state index in [1.165, 1.54) is 18.3 Å². The SMILES string of the molecule is CC(=C(I)I)c1ccc(C)cc1. The summed E-state index contributed by atoms with van der Waals surface area (Å²) in [5, 5.41) is 0. The molecule has 12 heavy (non-hydrogen) atoms. The summed E-state index contributed by atoms with van der Waals surface area (Å²) >= 11 is 4.69. The Kier molecular flexibility index (Phi) is 4.02. The molecule has 0 radical (unpaired) electrons. The molecule has 0 spiro atoms. The van der Waals surface area contributed by atoms with Gasteiger partial charge in [-0.25, -0.2) is 0 Å². The molecule has 1 aromatic rings. The van der Waals surface area contributed by atoms with E-state index in [1.807, 2.05) is 0 Å². The number of benzene rings is 1. The van der Waals surface area contributed by atoms with Crippen LogP contribution in [0, 0.1) is 6.92 Å². The molecule has 1 aromatic carbocycles. The highest BCUT2D eigenvalue weighted by Crippen LogP contribution is 2.27. The quantitative estimate of drug-likeness (QED) is 0.624.